The fourth-order valence-electron chi connectivity index (χ4n) is 3.49. The number of piperazine rings is 1. The van der Waals surface area contributed by atoms with Crippen LogP contribution in [0.4, 0.5) is 0 Å². The van der Waals surface area contributed by atoms with E-state index in [1.165, 1.54) is 19.3 Å². The van der Waals surface area contributed by atoms with Crippen LogP contribution in [0.25, 0.3) is 0 Å². The fraction of sp³-hybridized carbons (Fsp3) is 0.882. The van der Waals surface area contributed by atoms with E-state index in [0.717, 1.165) is 19.3 Å². The first-order valence-electron chi connectivity index (χ1n) is 8.50. The summed E-state index contributed by atoms with van der Waals surface area (Å²) in [6.45, 7) is 8.68. The van der Waals surface area contributed by atoms with Crippen LogP contribution in [-0.2, 0) is 9.59 Å². The summed E-state index contributed by atoms with van der Waals surface area (Å²) in [7, 11) is 0. The van der Waals surface area contributed by atoms with Crippen LogP contribution < -0.4 is 5.32 Å². The quantitative estimate of drug-likeness (QED) is 0.866. The molecule has 2 fully saturated rings. The molecular weight excluding hydrogens is 264 g/mol. The van der Waals surface area contributed by atoms with Gasteiger partial charge in [0.25, 0.3) is 0 Å². The first kappa shape index (κ1) is 16.3. The Hall–Kier alpha value is -1.06. The number of nitrogens with one attached hydrogen (secondary N) is 1. The predicted octanol–water partition coefficient (Wildman–Crippen LogP) is 2.72. The Balaban J connectivity index is 2.18. The average molecular weight is 294 g/mol. The van der Waals surface area contributed by atoms with Gasteiger partial charge in [-0.25, -0.2) is 0 Å². The van der Waals surface area contributed by atoms with Gasteiger partial charge >= 0.3 is 0 Å². The van der Waals surface area contributed by atoms with Gasteiger partial charge in [0.2, 0.25) is 11.8 Å². The molecule has 21 heavy (non-hydrogen) atoms. The highest BCUT2D eigenvalue weighted by Gasteiger charge is 2.48. The zero-order valence-corrected chi connectivity index (χ0v) is 13.9. The summed E-state index contributed by atoms with van der Waals surface area (Å²) >= 11 is 0. The van der Waals surface area contributed by atoms with Gasteiger partial charge in [-0.1, -0.05) is 39.5 Å². The van der Waals surface area contributed by atoms with E-state index in [1.807, 2.05) is 18.7 Å². The summed E-state index contributed by atoms with van der Waals surface area (Å²) in [5, 5.41) is 3.02. The second kappa shape index (κ2) is 6.37. The number of hydrogen-bond acceptors (Lipinski definition) is 2. The Labute approximate surface area is 128 Å². The molecule has 2 unspecified atom stereocenters. The van der Waals surface area contributed by atoms with E-state index < -0.39 is 5.54 Å². The van der Waals surface area contributed by atoms with Crippen LogP contribution >= 0.6 is 0 Å². The highest BCUT2D eigenvalue weighted by Crippen LogP contribution is 2.32. The van der Waals surface area contributed by atoms with Gasteiger partial charge in [-0.2, -0.15) is 0 Å². The van der Waals surface area contributed by atoms with Crippen LogP contribution in [0, 0.1) is 11.8 Å². The van der Waals surface area contributed by atoms with Crippen molar-refractivity contribution in [3.63, 3.8) is 0 Å². The SMILES string of the molecule is CCC(C)CN1C(=O)C(C2CCCCC2)NC(=O)C1(C)C. The molecule has 2 rings (SSSR count). The van der Waals surface area contributed by atoms with Gasteiger partial charge in [0.1, 0.15) is 11.6 Å². The molecule has 1 saturated carbocycles. The van der Waals surface area contributed by atoms with Crippen molar-refractivity contribution in [2.75, 3.05) is 6.54 Å². The number of carbonyl (C=O) groups excluding carboxylic acids is 2. The Morgan fingerprint density at radius 1 is 1.24 bits per heavy atom. The minimum atomic E-state index is -0.730. The highest BCUT2D eigenvalue weighted by atomic mass is 16.2. The topological polar surface area (TPSA) is 49.4 Å². The van der Waals surface area contributed by atoms with Gasteiger partial charge in [-0.3, -0.25) is 9.59 Å². The van der Waals surface area contributed by atoms with Crippen LogP contribution in [0.1, 0.15) is 66.2 Å². The second-order valence-corrected chi connectivity index (χ2v) is 7.37. The Bertz CT molecular complexity index is 400. The van der Waals surface area contributed by atoms with Crippen molar-refractivity contribution in [2.24, 2.45) is 11.8 Å². The van der Waals surface area contributed by atoms with Crippen LogP contribution in [0.3, 0.4) is 0 Å². The molecule has 1 saturated heterocycles. The van der Waals surface area contributed by atoms with Crippen molar-refractivity contribution >= 4 is 11.8 Å². The molecule has 1 heterocycles. The fourth-order valence-corrected chi connectivity index (χ4v) is 3.49. The lowest BCUT2D eigenvalue weighted by atomic mass is 9.80. The predicted molar refractivity (Wildman–Crippen MR) is 83.8 cm³/mol. The van der Waals surface area contributed by atoms with Crippen LogP contribution in [0.15, 0.2) is 0 Å². The molecule has 0 radical (unpaired) electrons. The van der Waals surface area contributed by atoms with Crippen molar-refractivity contribution < 1.29 is 9.59 Å². The lowest BCUT2D eigenvalue weighted by Gasteiger charge is -2.47. The minimum absolute atomic E-state index is 0.000904. The van der Waals surface area contributed by atoms with E-state index in [4.69, 9.17) is 0 Å². The van der Waals surface area contributed by atoms with Crippen LogP contribution in [0.5, 0.6) is 0 Å². The Morgan fingerprint density at radius 3 is 2.43 bits per heavy atom. The van der Waals surface area contributed by atoms with Crippen LogP contribution in [-0.4, -0.2) is 34.8 Å². The molecule has 2 aliphatic rings. The molecule has 1 aliphatic carbocycles. The van der Waals surface area contributed by atoms with Crippen molar-refractivity contribution in [1.29, 1.82) is 0 Å². The largest absolute Gasteiger partial charge is 0.342 e. The molecule has 2 amide bonds. The summed E-state index contributed by atoms with van der Waals surface area (Å²) < 4.78 is 0. The maximum Gasteiger partial charge on any atom is 0.246 e. The maximum atomic E-state index is 12.9. The third-order valence-electron chi connectivity index (χ3n) is 5.36. The van der Waals surface area contributed by atoms with Crippen molar-refractivity contribution in [3.05, 3.63) is 0 Å². The van der Waals surface area contributed by atoms with E-state index in [9.17, 15) is 9.59 Å². The molecule has 1 aliphatic heterocycles. The molecule has 4 nitrogen and oxygen atoms in total. The van der Waals surface area contributed by atoms with Gasteiger partial charge in [-0.05, 0) is 38.5 Å². The van der Waals surface area contributed by atoms with E-state index in [0.29, 0.717) is 18.4 Å². The second-order valence-electron chi connectivity index (χ2n) is 7.37. The molecule has 0 aromatic carbocycles. The van der Waals surface area contributed by atoms with Gasteiger partial charge in [0.15, 0.2) is 0 Å². The highest BCUT2D eigenvalue weighted by molar-refractivity contribution is 5.99. The molecule has 0 bridgehead atoms. The van der Waals surface area contributed by atoms with Crippen molar-refractivity contribution in [3.8, 4) is 0 Å². The first-order chi connectivity index (χ1) is 9.87. The summed E-state index contributed by atoms with van der Waals surface area (Å²) in [6.07, 6.45) is 6.77. The maximum absolute atomic E-state index is 12.9. The summed E-state index contributed by atoms with van der Waals surface area (Å²) in [5.74, 6) is 0.879. The molecule has 4 heteroatoms. The molecule has 0 spiro atoms. The first-order valence-corrected chi connectivity index (χ1v) is 8.50. The summed E-state index contributed by atoms with van der Waals surface area (Å²) in [6, 6.07) is -0.296. The monoisotopic (exact) mass is 294 g/mol. The number of hydrogen-bond donors (Lipinski definition) is 1. The molecule has 0 aromatic heterocycles. The van der Waals surface area contributed by atoms with Gasteiger partial charge in [0.05, 0.1) is 0 Å². The van der Waals surface area contributed by atoms with E-state index in [1.54, 1.807) is 0 Å². The number of carbonyl (C=O) groups is 2. The summed E-state index contributed by atoms with van der Waals surface area (Å²) in [4.78, 5) is 27.3. The zero-order valence-electron chi connectivity index (χ0n) is 13.9. The zero-order chi connectivity index (χ0) is 15.6. The average Bonchev–Trinajstić information content (AvgIpc) is 2.48. The van der Waals surface area contributed by atoms with Crippen molar-refractivity contribution in [1.82, 2.24) is 10.2 Å². The van der Waals surface area contributed by atoms with Crippen molar-refractivity contribution in [2.45, 2.75) is 77.8 Å². The molecule has 2 atom stereocenters. The molecule has 0 aromatic rings. The Morgan fingerprint density at radius 2 is 1.86 bits per heavy atom. The minimum Gasteiger partial charge on any atom is -0.342 e. The van der Waals surface area contributed by atoms with E-state index in [2.05, 4.69) is 19.2 Å². The molecule has 1 N–H and O–H groups in total. The van der Waals surface area contributed by atoms with Gasteiger partial charge in [-0.15, -0.1) is 0 Å². The number of amides is 2. The number of nitrogens with zero attached hydrogens (tertiary/aromatic N) is 1. The lowest BCUT2D eigenvalue weighted by molar-refractivity contribution is -0.158. The Kier molecular flexibility index (Phi) is 4.95. The van der Waals surface area contributed by atoms with Gasteiger partial charge < -0.3 is 10.2 Å². The molecule has 120 valence electrons. The van der Waals surface area contributed by atoms with Crippen LogP contribution in [0.2, 0.25) is 0 Å². The lowest BCUT2D eigenvalue weighted by Crippen LogP contribution is -2.70. The summed E-state index contributed by atoms with van der Waals surface area (Å²) in [5.41, 5.74) is -0.730. The van der Waals surface area contributed by atoms with Gasteiger partial charge in [0, 0.05) is 6.54 Å². The third-order valence-corrected chi connectivity index (χ3v) is 5.36. The normalized spacial score (nSPS) is 28.4. The number of rotatable bonds is 4. The third kappa shape index (κ3) is 3.24. The standard InChI is InChI=1S/C17H30N2O2/c1-5-12(2)11-19-15(20)14(13-9-7-6-8-10-13)18-16(21)17(19,3)4/h12-14H,5-11H2,1-4H3,(H,18,21). The van der Waals surface area contributed by atoms with E-state index in [-0.39, 0.29) is 17.9 Å². The molecular formula is C17H30N2O2. The van der Waals surface area contributed by atoms with E-state index >= 15 is 0 Å². The smallest absolute Gasteiger partial charge is 0.246 e.